The van der Waals surface area contributed by atoms with Gasteiger partial charge in [-0.25, -0.2) is 24.2 Å². The SMILES string of the molecule is Cc1nc(N)c2nc([N+](C)(C)c3ccc(C(=O)N[C@@H](CCC(=O)O)C(=O)O)cc3)cnc2n1. The smallest absolute Gasteiger partial charge is 0.326 e. The number of aryl methyl sites for hydroxylation is 1. The minimum Gasteiger partial charge on any atom is -0.481 e. The first-order chi connectivity index (χ1) is 15.5. The minimum absolute atomic E-state index is 0.175. The molecule has 0 aliphatic carbocycles. The third-order valence-electron chi connectivity index (χ3n) is 5.13. The Balaban J connectivity index is 1.82. The number of nitrogens with zero attached hydrogens (tertiary/aromatic N) is 5. The fraction of sp³-hybridized carbons (Fsp3) is 0.286. The molecule has 3 aromatic rings. The van der Waals surface area contributed by atoms with Gasteiger partial charge in [0, 0.05) is 24.1 Å². The fourth-order valence-electron chi connectivity index (χ4n) is 3.19. The number of nitrogens with two attached hydrogens (primary N) is 1. The van der Waals surface area contributed by atoms with Crippen molar-refractivity contribution in [2.45, 2.75) is 25.8 Å². The summed E-state index contributed by atoms with van der Waals surface area (Å²) in [6.45, 7) is 1.72. The molecule has 0 unspecified atom stereocenters. The predicted octanol–water partition coefficient (Wildman–Crippen LogP) is 1.26. The highest BCUT2D eigenvalue weighted by Crippen LogP contribution is 2.30. The number of quaternary nitrogens is 1. The Hall–Kier alpha value is -4.19. The van der Waals surface area contributed by atoms with E-state index in [2.05, 4.69) is 25.3 Å². The summed E-state index contributed by atoms with van der Waals surface area (Å²) in [5.74, 6) is -1.76. The highest BCUT2D eigenvalue weighted by molar-refractivity contribution is 5.97. The van der Waals surface area contributed by atoms with Crippen LogP contribution < -0.4 is 15.5 Å². The molecule has 0 aliphatic heterocycles. The summed E-state index contributed by atoms with van der Waals surface area (Å²) in [6, 6.07) is 5.22. The molecule has 5 N–H and O–H groups in total. The van der Waals surface area contributed by atoms with Gasteiger partial charge in [-0.1, -0.05) is 0 Å². The number of rotatable bonds is 8. The number of carbonyl (C=O) groups is 3. The van der Waals surface area contributed by atoms with Gasteiger partial charge in [-0.3, -0.25) is 9.59 Å². The van der Waals surface area contributed by atoms with Gasteiger partial charge in [0.2, 0.25) is 0 Å². The molecule has 3 rings (SSSR count). The summed E-state index contributed by atoms with van der Waals surface area (Å²) in [5, 5.41) is 20.3. The van der Waals surface area contributed by atoms with Crippen molar-refractivity contribution in [3.8, 4) is 0 Å². The van der Waals surface area contributed by atoms with Crippen molar-refractivity contribution in [1.82, 2.24) is 29.7 Å². The van der Waals surface area contributed by atoms with Crippen LogP contribution >= 0.6 is 0 Å². The molecule has 0 saturated carbocycles. The van der Waals surface area contributed by atoms with Gasteiger partial charge in [0.05, 0.1) is 14.1 Å². The standard InChI is InChI=1S/C21H23N7O5/c1-11-24-18(22)17-19(25-11)23-10-15(27-17)28(2,3)13-6-4-12(5-7-13)20(31)26-14(21(32)33)8-9-16(29)30/h4-7,10,14H,8-9H2,1-3H3,(H4-,22,23,24,25,26,29,30,31,32,33)/p+1/t14-/m0/s1. The van der Waals surface area contributed by atoms with Crippen LogP contribution in [0, 0.1) is 6.92 Å². The van der Waals surface area contributed by atoms with Crippen LogP contribution in [0.2, 0.25) is 0 Å². The summed E-state index contributed by atoms with van der Waals surface area (Å²) < 4.78 is 0.175. The summed E-state index contributed by atoms with van der Waals surface area (Å²) in [6.07, 6.45) is 1.00. The Morgan fingerprint density at radius 2 is 1.76 bits per heavy atom. The molecule has 1 amide bonds. The molecule has 1 aromatic carbocycles. The lowest BCUT2D eigenvalue weighted by Crippen LogP contribution is -2.41. The molecule has 0 radical (unpaired) electrons. The third-order valence-corrected chi connectivity index (χ3v) is 5.13. The van der Waals surface area contributed by atoms with Crippen LogP contribution in [0.25, 0.3) is 11.2 Å². The van der Waals surface area contributed by atoms with E-state index in [0.717, 1.165) is 5.69 Å². The van der Waals surface area contributed by atoms with Gasteiger partial charge in [0.15, 0.2) is 17.0 Å². The Morgan fingerprint density at radius 3 is 2.36 bits per heavy atom. The molecule has 0 bridgehead atoms. The number of benzene rings is 1. The van der Waals surface area contributed by atoms with Crippen molar-refractivity contribution in [3.63, 3.8) is 0 Å². The van der Waals surface area contributed by atoms with Gasteiger partial charge in [-0.05, 0) is 25.5 Å². The summed E-state index contributed by atoms with van der Waals surface area (Å²) in [4.78, 5) is 51.8. The van der Waals surface area contributed by atoms with E-state index in [9.17, 15) is 19.5 Å². The first kappa shape index (κ1) is 23.5. The number of carbonyl (C=O) groups excluding carboxylic acids is 1. The maximum Gasteiger partial charge on any atom is 0.326 e. The van der Waals surface area contributed by atoms with Crippen molar-refractivity contribution in [2.75, 3.05) is 19.8 Å². The first-order valence-electron chi connectivity index (χ1n) is 9.96. The minimum atomic E-state index is -1.30. The molecular formula is C21H24N7O5+. The largest absolute Gasteiger partial charge is 0.481 e. The van der Waals surface area contributed by atoms with E-state index < -0.39 is 23.9 Å². The van der Waals surface area contributed by atoms with Crippen molar-refractivity contribution in [1.29, 1.82) is 0 Å². The molecule has 0 aliphatic rings. The maximum absolute atomic E-state index is 12.5. The second-order valence-electron chi connectivity index (χ2n) is 7.85. The molecule has 172 valence electrons. The van der Waals surface area contributed by atoms with Crippen molar-refractivity contribution < 1.29 is 24.6 Å². The molecule has 12 heteroatoms. The molecule has 0 fully saturated rings. The number of hydrogen-bond acceptors (Lipinski definition) is 8. The van der Waals surface area contributed by atoms with Gasteiger partial charge >= 0.3 is 11.9 Å². The van der Waals surface area contributed by atoms with E-state index >= 15 is 0 Å². The lowest BCUT2D eigenvalue weighted by atomic mass is 10.1. The Labute approximate surface area is 188 Å². The predicted molar refractivity (Wildman–Crippen MR) is 120 cm³/mol. The first-order valence-corrected chi connectivity index (χ1v) is 9.96. The zero-order valence-corrected chi connectivity index (χ0v) is 18.3. The normalized spacial score (nSPS) is 12.3. The van der Waals surface area contributed by atoms with Crippen LogP contribution in [0.4, 0.5) is 17.3 Å². The number of anilines is 1. The van der Waals surface area contributed by atoms with Gasteiger partial charge < -0.3 is 21.3 Å². The molecule has 1 atom stereocenters. The molecule has 2 aromatic heterocycles. The zero-order valence-electron chi connectivity index (χ0n) is 18.3. The number of hydrogen-bond donors (Lipinski definition) is 4. The molecular weight excluding hydrogens is 430 g/mol. The number of aliphatic carboxylic acids is 2. The number of fused-ring (bicyclic) bond motifs is 1. The Morgan fingerprint density at radius 1 is 1.09 bits per heavy atom. The van der Waals surface area contributed by atoms with E-state index in [-0.39, 0.29) is 28.7 Å². The highest BCUT2D eigenvalue weighted by atomic mass is 16.4. The second kappa shape index (κ2) is 9.12. The summed E-state index contributed by atoms with van der Waals surface area (Å²) in [5.41, 5.74) is 7.77. The summed E-state index contributed by atoms with van der Waals surface area (Å²) in [7, 11) is 3.76. The number of carboxylic acids is 2. The van der Waals surface area contributed by atoms with Crippen molar-refractivity contribution >= 4 is 46.3 Å². The number of amides is 1. The van der Waals surface area contributed by atoms with Crippen LogP contribution in [0.5, 0.6) is 0 Å². The van der Waals surface area contributed by atoms with Crippen LogP contribution in [0.3, 0.4) is 0 Å². The molecule has 2 heterocycles. The van der Waals surface area contributed by atoms with E-state index in [4.69, 9.17) is 10.8 Å². The maximum atomic E-state index is 12.5. The molecule has 0 saturated heterocycles. The summed E-state index contributed by atoms with van der Waals surface area (Å²) >= 11 is 0. The zero-order chi connectivity index (χ0) is 24.3. The molecule has 12 nitrogen and oxygen atoms in total. The highest BCUT2D eigenvalue weighted by Gasteiger charge is 2.27. The topological polar surface area (TPSA) is 181 Å². The van der Waals surface area contributed by atoms with E-state index in [1.165, 1.54) is 0 Å². The van der Waals surface area contributed by atoms with Crippen LogP contribution in [0.1, 0.15) is 29.0 Å². The lowest BCUT2D eigenvalue weighted by Gasteiger charge is -2.27. The molecule has 0 spiro atoms. The van der Waals surface area contributed by atoms with Crippen LogP contribution in [-0.4, -0.2) is 68.1 Å². The Bertz CT molecular complexity index is 1230. The van der Waals surface area contributed by atoms with Gasteiger partial charge in [0.25, 0.3) is 11.7 Å². The van der Waals surface area contributed by atoms with Gasteiger partial charge in [-0.15, -0.1) is 0 Å². The van der Waals surface area contributed by atoms with Crippen molar-refractivity contribution in [3.05, 3.63) is 41.9 Å². The van der Waals surface area contributed by atoms with Gasteiger partial charge in [0.1, 0.15) is 23.8 Å². The van der Waals surface area contributed by atoms with Crippen molar-refractivity contribution in [2.24, 2.45) is 0 Å². The van der Waals surface area contributed by atoms with Crippen LogP contribution in [0.15, 0.2) is 30.5 Å². The van der Waals surface area contributed by atoms with Gasteiger partial charge in [-0.2, -0.15) is 4.98 Å². The van der Waals surface area contributed by atoms with Crippen LogP contribution in [-0.2, 0) is 9.59 Å². The number of nitrogen functional groups attached to an aromatic ring is 1. The fourth-order valence-corrected chi connectivity index (χ4v) is 3.19. The Kier molecular flexibility index (Phi) is 6.49. The second-order valence-corrected chi connectivity index (χ2v) is 7.85. The number of aromatic nitrogens is 4. The van der Waals surface area contributed by atoms with E-state index in [1.807, 2.05) is 14.1 Å². The van der Waals surface area contributed by atoms with E-state index in [1.54, 1.807) is 37.4 Å². The number of carboxylic acid groups (broad SMARTS) is 2. The number of nitrogens with one attached hydrogen (secondary N) is 1. The average Bonchev–Trinajstić information content (AvgIpc) is 2.75. The quantitative estimate of drug-likeness (QED) is 0.362. The average molecular weight is 454 g/mol. The lowest BCUT2D eigenvalue weighted by molar-refractivity contribution is -0.140. The third kappa shape index (κ3) is 5.18. The monoisotopic (exact) mass is 454 g/mol. The molecule has 33 heavy (non-hydrogen) atoms. The van der Waals surface area contributed by atoms with E-state index in [0.29, 0.717) is 22.8 Å².